The van der Waals surface area contributed by atoms with Crippen LogP contribution in [-0.4, -0.2) is 25.5 Å². The first-order valence-corrected chi connectivity index (χ1v) is 8.79. The topological polar surface area (TPSA) is 67.4 Å². The van der Waals surface area contributed by atoms with E-state index in [1.165, 1.54) is 11.3 Å². The van der Waals surface area contributed by atoms with Crippen LogP contribution in [0.15, 0.2) is 47.8 Å². The van der Waals surface area contributed by atoms with Gasteiger partial charge in [0.2, 0.25) is 0 Å². The molecule has 0 atom stereocenters. The van der Waals surface area contributed by atoms with Crippen molar-refractivity contribution in [2.75, 3.05) is 19.0 Å². The van der Waals surface area contributed by atoms with Gasteiger partial charge in [-0.3, -0.25) is 9.59 Å². The van der Waals surface area contributed by atoms with Crippen LogP contribution in [0.1, 0.15) is 27.6 Å². The average molecular weight is 354 g/mol. The lowest BCUT2D eigenvalue weighted by Crippen LogP contribution is -2.20. The third-order valence-electron chi connectivity index (χ3n) is 3.78. The molecule has 0 aliphatic rings. The molecule has 3 aromatic rings. The number of carbonyl (C=O) groups excluding carboxylic acids is 2. The smallest absolute Gasteiger partial charge is 0.260 e. The molecule has 3 rings (SSSR count). The maximum atomic E-state index is 13.0. The van der Waals surface area contributed by atoms with Crippen molar-refractivity contribution in [2.45, 2.75) is 6.92 Å². The molecular formula is C19H18N2O3S. The molecule has 1 aromatic heterocycles. The van der Waals surface area contributed by atoms with Crippen LogP contribution in [0, 0.1) is 0 Å². The van der Waals surface area contributed by atoms with Crippen LogP contribution in [0.2, 0.25) is 0 Å². The van der Waals surface area contributed by atoms with Crippen molar-refractivity contribution < 1.29 is 14.3 Å². The molecule has 0 unspecified atom stereocenters. The van der Waals surface area contributed by atoms with Crippen LogP contribution < -0.4 is 15.4 Å². The highest BCUT2D eigenvalue weighted by Crippen LogP contribution is 2.31. The molecule has 25 heavy (non-hydrogen) atoms. The quantitative estimate of drug-likeness (QED) is 0.730. The fraction of sp³-hybridized carbons (Fsp3) is 0.158. The van der Waals surface area contributed by atoms with Gasteiger partial charge in [0.25, 0.3) is 11.8 Å². The summed E-state index contributed by atoms with van der Waals surface area (Å²) >= 11 is 1.31. The van der Waals surface area contributed by atoms with E-state index in [9.17, 15) is 9.59 Å². The highest BCUT2D eigenvalue weighted by Gasteiger charge is 2.20. The number of ether oxygens (including phenoxy) is 1. The number of anilines is 1. The fourth-order valence-electron chi connectivity index (χ4n) is 2.65. The summed E-state index contributed by atoms with van der Waals surface area (Å²) in [5, 5.41) is 9.47. The lowest BCUT2D eigenvalue weighted by molar-refractivity contribution is 0.0964. The molecule has 0 bridgehead atoms. The first kappa shape index (κ1) is 17.0. The van der Waals surface area contributed by atoms with E-state index in [4.69, 9.17) is 4.74 Å². The third kappa shape index (κ3) is 3.34. The number of benzene rings is 2. The molecule has 2 amide bonds. The van der Waals surface area contributed by atoms with Gasteiger partial charge in [0.15, 0.2) is 0 Å². The zero-order valence-electron chi connectivity index (χ0n) is 14.0. The summed E-state index contributed by atoms with van der Waals surface area (Å²) in [6.45, 7) is 2.33. The van der Waals surface area contributed by atoms with Crippen molar-refractivity contribution >= 4 is 38.9 Å². The lowest BCUT2D eigenvalue weighted by Gasteiger charge is -2.13. The van der Waals surface area contributed by atoms with E-state index in [0.29, 0.717) is 28.5 Å². The molecule has 5 nitrogen and oxygen atoms in total. The van der Waals surface area contributed by atoms with Gasteiger partial charge in [0, 0.05) is 7.05 Å². The van der Waals surface area contributed by atoms with Crippen LogP contribution in [0.4, 0.5) is 5.00 Å². The van der Waals surface area contributed by atoms with Crippen LogP contribution in [0.3, 0.4) is 0 Å². The minimum atomic E-state index is -0.298. The fourth-order valence-corrected chi connectivity index (χ4v) is 3.43. The van der Waals surface area contributed by atoms with Gasteiger partial charge in [-0.2, -0.15) is 0 Å². The molecule has 0 fully saturated rings. The molecule has 0 aliphatic heterocycles. The van der Waals surface area contributed by atoms with Gasteiger partial charge < -0.3 is 15.4 Å². The van der Waals surface area contributed by atoms with Crippen LogP contribution in [0.25, 0.3) is 10.8 Å². The van der Waals surface area contributed by atoms with Crippen molar-refractivity contribution in [3.63, 3.8) is 0 Å². The maximum Gasteiger partial charge on any atom is 0.260 e. The normalized spacial score (nSPS) is 10.5. The summed E-state index contributed by atoms with van der Waals surface area (Å²) in [6.07, 6.45) is 0. The Bertz CT molecular complexity index is 933. The molecule has 128 valence electrons. The van der Waals surface area contributed by atoms with Crippen molar-refractivity contribution in [3.05, 3.63) is 59.0 Å². The minimum Gasteiger partial charge on any atom is -0.493 e. The summed E-state index contributed by atoms with van der Waals surface area (Å²) in [5.41, 5.74) is 0.912. The molecule has 0 aliphatic carbocycles. The van der Waals surface area contributed by atoms with Gasteiger partial charge >= 0.3 is 0 Å². The van der Waals surface area contributed by atoms with Gasteiger partial charge in [-0.1, -0.05) is 30.3 Å². The molecule has 0 saturated carbocycles. The van der Waals surface area contributed by atoms with E-state index in [0.717, 1.165) is 10.8 Å². The van der Waals surface area contributed by atoms with E-state index in [1.54, 1.807) is 24.6 Å². The predicted octanol–water partition coefficient (Wildman–Crippen LogP) is 3.91. The molecule has 1 heterocycles. The van der Waals surface area contributed by atoms with E-state index < -0.39 is 0 Å². The van der Waals surface area contributed by atoms with Gasteiger partial charge in [0.05, 0.1) is 17.7 Å². The Morgan fingerprint density at radius 1 is 1.08 bits per heavy atom. The standard InChI is InChI=1S/C19H18N2O3S/c1-3-24-15-9-8-12-6-4-5-7-13(12)16(15)18(23)21-19-14(10-11-25-19)17(22)20-2/h4-11H,3H2,1-2H3,(H,20,22)(H,21,23). The number of rotatable bonds is 5. The summed E-state index contributed by atoms with van der Waals surface area (Å²) in [5.74, 6) is -0.0101. The van der Waals surface area contributed by atoms with Crippen molar-refractivity contribution in [1.82, 2.24) is 5.32 Å². The molecule has 2 aromatic carbocycles. The summed E-state index contributed by atoms with van der Waals surface area (Å²) in [6, 6.07) is 13.1. The molecule has 0 spiro atoms. The Morgan fingerprint density at radius 2 is 1.88 bits per heavy atom. The van der Waals surface area contributed by atoms with Crippen LogP contribution in [0.5, 0.6) is 5.75 Å². The first-order valence-electron chi connectivity index (χ1n) is 7.91. The van der Waals surface area contributed by atoms with E-state index in [-0.39, 0.29) is 11.8 Å². The Kier molecular flexibility index (Phi) is 5.00. The van der Waals surface area contributed by atoms with Crippen LogP contribution >= 0.6 is 11.3 Å². The Labute approximate surface area is 149 Å². The number of thiophene rings is 1. The molecule has 2 N–H and O–H groups in total. The summed E-state index contributed by atoms with van der Waals surface area (Å²) in [7, 11) is 1.56. The van der Waals surface area contributed by atoms with Crippen molar-refractivity contribution in [3.8, 4) is 5.75 Å². The number of hydrogen-bond donors (Lipinski definition) is 2. The zero-order chi connectivity index (χ0) is 17.8. The Morgan fingerprint density at radius 3 is 2.64 bits per heavy atom. The Balaban J connectivity index is 2.03. The monoisotopic (exact) mass is 354 g/mol. The number of fused-ring (bicyclic) bond motifs is 1. The number of carbonyl (C=O) groups is 2. The second-order valence-electron chi connectivity index (χ2n) is 5.29. The van der Waals surface area contributed by atoms with Gasteiger partial charge in [-0.05, 0) is 35.2 Å². The number of hydrogen-bond acceptors (Lipinski definition) is 4. The first-order chi connectivity index (χ1) is 12.2. The zero-order valence-corrected chi connectivity index (χ0v) is 14.8. The predicted molar refractivity (Wildman–Crippen MR) is 101 cm³/mol. The largest absolute Gasteiger partial charge is 0.493 e. The lowest BCUT2D eigenvalue weighted by atomic mass is 10.0. The summed E-state index contributed by atoms with van der Waals surface area (Å²) in [4.78, 5) is 24.9. The average Bonchev–Trinajstić information content (AvgIpc) is 3.09. The van der Waals surface area contributed by atoms with Gasteiger partial charge in [-0.25, -0.2) is 0 Å². The minimum absolute atomic E-state index is 0.237. The maximum absolute atomic E-state index is 13.0. The van der Waals surface area contributed by atoms with Gasteiger partial charge in [-0.15, -0.1) is 11.3 Å². The van der Waals surface area contributed by atoms with E-state index >= 15 is 0 Å². The highest BCUT2D eigenvalue weighted by molar-refractivity contribution is 7.14. The summed E-state index contributed by atoms with van der Waals surface area (Å²) < 4.78 is 5.65. The SMILES string of the molecule is CCOc1ccc2ccccc2c1C(=O)Nc1sccc1C(=O)NC. The number of amides is 2. The van der Waals surface area contributed by atoms with Crippen molar-refractivity contribution in [2.24, 2.45) is 0 Å². The third-order valence-corrected chi connectivity index (χ3v) is 4.61. The molecule has 0 saturated heterocycles. The Hall–Kier alpha value is -2.86. The second kappa shape index (κ2) is 7.36. The van der Waals surface area contributed by atoms with Gasteiger partial charge in [0.1, 0.15) is 10.8 Å². The van der Waals surface area contributed by atoms with E-state index in [2.05, 4.69) is 10.6 Å². The van der Waals surface area contributed by atoms with Crippen molar-refractivity contribution in [1.29, 1.82) is 0 Å². The molecule has 0 radical (unpaired) electrons. The van der Waals surface area contributed by atoms with Crippen LogP contribution in [-0.2, 0) is 0 Å². The highest BCUT2D eigenvalue weighted by atomic mass is 32.1. The second-order valence-corrected chi connectivity index (χ2v) is 6.21. The van der Waals surface area contributed by atoms with E-state index in [1.807, 2.05) is 37.3 Å². The molecule has 6 heteroatoms. The number of nitrogens with one attached hydrogen (secondary N) is 2. The molecular weight excluding hydrogens is 336 g/mol.